The monoisotopic (exact) mass is 397 g/mol. The van der Waals surface area contributed by atoms with Gasteiger partial charge in [0.25, 0.3) is 5.91 Å². The van der Waals surface area contributed by atoms with Crippen molar-refractivity contribution in [1.82, 2.24) is 15.2 Å². The predicted octanol–water partition coefficient (Wildman–Crippen LogP) is 2.62. The molecule has 9 nitrogen and oxygen atoms in total. The molecule has 1 saturated heterocycles. The molecule has 27 heavy (non-hydrogen) atoms. The number of hydrogen-bond acceptors (Lipinski definition) is 5. The Hall–Kier alpha value is -2.36. The minimum atomic E-state index is -0.989. The van der Waals surface area contributed by atoms with Gasteiger partial charge in [-0.3, -0.25) is 10.1 Å². The van der Waals surface area contributed by atoms with Crippen LogP contribution in [0.25, 0.3) is 0 Å². The highest BCUT2D eigenvalue weighted by Gasteiger charge is 2.41. The van der Waals surface area contributed by atoms with Crippen molar-refractivity contribution in [2.24, 2.45) is 11.1 Å². The second kappa shape index (κ2) is 8.12. The quantitative estimate of drug-likeness (QED) is 0.621. The second-order valence-electron chi connectivity index (χ2n) is 7.76. The summed E-state index contributed by atoms with van der Waals surface area (Å²) in [6.45, 7) is 8.05. The molecule has 1 aromatic heterocycles. The zero-order chi connectivity index (χ0) is 20.4. The van der Waals surface area contributed by atoms with Crippen LogP contribution in [0.3, 0.4) is 0 Å². The largest absolute Gasteiger partial charge is 0.465 e. The molecular formula is C17H27N5O4S. The topological polar surface area (TPSA) is 138 Å². The van der Waals surface area contributed by atoms with Crippen molar-refractivity contribution in [2.45, 2.75) is 59.0 Å². The molecule has 2 atom stereocenters. The van der Waals surface area contributed by atoms with Crippen molar-refractivity contribution < 1.29 is 19.5 Å². The third kappa shape index (κ3) is 5.09. The van der Waals surface area contributed by atoms with E-state index in [9.17, 15) is 19.5 Å². The smallest absolute Gasteiger partial charge is 0.407 e. The first kappa shape index (κ1) is 20.9. The summed E-state index contributed by atoms with van der Waals surface area (Å²) in [5, 5.41) is 15.9. The average molecular weight is 398 g/mol. The van der Waals surface area contributed by atoms with Crippen LogP contribution in [0.4, 0.5) is 14.6 Å². The first-order valence-electron chi connectivity index (χ1n) is 8.85. The number of urea groups is 1. The molecule has 10 heteroatoms. The van der Waals surface area contributed by atoms with Gasteiger partial charge in [0.15, 0.2) is 5.69 Å². The van der Waals surface area contributed by atoms with E-state index >= 15 is 0 Å². The number of thiazole rings is 1. The molecule has 4 amide bonds. The van der Waals surface area contributed by atoms with Crippen LogP contribution in [0.5, 0.6) is 0 Å². The normalized spacial score (nSPS) is 20.7. The van der Waals surface area contributed by atoms with Crippen LogP contribution in [0, 0.1) is 12.3 Å². The fraction of sp³-hybridized carbons (Fsp3) is 0.647. The lowest BCUT2D eigenvalue weighted by molar-refractivity contribution is 0.0617. The van der Waals surface area contributed by atoms with Crippen molar-refractivity contribution >= 4 is 34.4 Å². The number of rotatable bonds is 3. The van der Waals surface area contributed by atoms with Crippen LogP contribution in [0.15, 0.2) is 0 Å². The van der Waals surface area contributed by atoms with Crippen LogP contribution in [0.2, 0.25) is 0 Å². The number of anilines is 1. The molecule has 1 aromatic rings. The summed E-state index contributed by atoms with van der Waals surface area (Å²) in [5.41, 5.74) is 4.89. The van der Waals surface area contributed by atoms with E-state index in [1.54, 1.807) is 6.92 Å². The van der Waals surface area contributed by atoms with Crippen molar-refractivity contribution in [3.05, 3.63) is 10.7 Å². The van der Waals surface area contributed by atoms with E-state index in [4.69, 9.17) is 5.73 Å². The zero-order valence-corrected chi connectivity index (χ0v) is 16.9. The minimum absolute atomic E-state index is 0.0927. The first-order valence-corrected chi connectivity index (χ1v) is 9.66. The number of aryl methyl sites for hydroxylation is 1. The van der Waals surface area contributed by atoms with Crippen LogP contribution >= 0.6 is 11.3 Å². The molecule has 0 spiro atoms. The van der Waals surface area contributed by atoms with E-state index < -0.39 is 18.0 Å². The van der Waals surface area contributed by atoms with Crippen molar-refractivity contribution in [3.63, 3.8) is 0 Å². The van der Waals surface area contributed by atoms with Crippen molar-refractivity contribution in [2.75, 3.05) is 11.9 Å². The Morgan fingerprint density at radius 3 is 2.52 bits per heavy atom. The molecule has 1 unspecified atom stereocenters. The van der Waals surface area contributed by atoms with Gasteiger partial charge in [0, 0.05) is 6.54 Å². The summed E-state index contributed by atoms with van der Waals surface area (Å²) in [7, 11) is 0. The number of nitrogens with one attached hydrogen (secondary N) is 2. The molecular weight excluding hydrogens is 370 g/mol. The Bertz CT molecular complexity index is 727. The molecule has 2 rings (SSSR count). The lowest BCUT2D eigenvalue weighted by Crippen LogP contribution is -2.58. The maximum Gasteiger partial charge on any atom is 0.407 e. The Kier molecular flexibility index (Phi) is 6.30. The molecule has 0 radical (unpaired) electrons. The fourth-order valence-electron chi connectivity index (χ4n) is 3.61. The van der Waals surface area contributed by atoms with E-state index in [0.29, 0.717) is 18.0 Å². The summed E-state index contributed by atoms with van der Waals surface area (Å²) < 4.78 is 0. The summed E-state index contributed by atoms with van der Waals surface area (Å²) in [5.74, 6) is -0.449. The van der Waals surface area contributed by atoms with Crippen LogP contribution in [0.1, 0.15) is 55.5 Å². The fourth-order valence-corrected chi connectivity index (χ4v) is 4.43. The highest BCUT2D eigenvalue weighted by atomic mass is 32.1. The van der Waals surface area contributed by atoms with Gasteiger partial charge in [-0.25, -0.2) is 14.6 Å². The third-order valence-electron chi connectivity index (χ3n) is 4.52. The van der Waals surface area contributed by atoms with Gasteiger partial charge in [-0.1, -0.05) is 20.8 Å². The van der Waals surface area contributed by atoms with Crippen LogP contribution in [-0.4, -0.2) is 51.7 Å². The molecule has 2 heterocycles. The van der Waals surface area contributed by atoms with Crippen molar-refractivity contribution in [3.8, 4) is 0 Å². The molecule has 150 valence electrons. The maximum atomic E-state index is 12.9. The van der Waals surface area contributed by atoms with Crippen LogP contribution in [-0.2, 0) is 0 Å². The number of nitrogens with two attached hydrogens (primary N) is 1. The van der Waals surface area contributed by atoms with E-state index in [2.05, 4.69) is 15.6 Å². The van der Waals surface area contributed by atoms with Gasteiger partial charge in [-0.15, -0.1) is 11.3 Å². The number of carbonyl (C=O) groups is 3. The lowest BCUT2D eigenvalue weighted by Gasteiger charge is -2.42. The Morgan fingerprint density at radius 2 is 1.96 bits per heavy atom. The SMILES string of the molecule is Cc1nc(C(=O)N[C@H]2CCCCN(C(=O)O)C2C(C)(C)C)c(NC(N)=O)s1. The minimum Gasteiger partial charge on any atom is -0.465 e. The number of primary amides is 1. The standard InChI is InChI=1S/C17H27N5O4S/c1-9-19-11(14(27-9)21-15(18)24)13(23)20-10-7-5-6-8-22(16(25)26)12(10)17(2,3)4/h10,12H,5-8H2,1-4H3,(H,20,23)(H,25,26)(H3,18,21,24)/t10-,12?/m0/s1. The zero-order valence-electron chi connectivity index (χ0n) is 16.0. The number of amides is 4. The van der Waals surface area contributed by atoms with E-state index in [1.807, 2.05) is 20.8 Å². The number of nitrogens with zero attached hydrogens (tertiary/aromatic N) is 2. The first-order chi connectivity index (χ1) is 12.5. The summed E-state index contributed by atoms with van der Waals surface area (Å²) in [6, 6.07) is -1.51. The van der Waals surface area contributed by atoms with Crippen molar-refractivity contribution in [1.29, 1.82) is 0 Å². The van der Waals surface area contributed by atoms with Gasteiger partial charge in [-0.2, -0.15) is 0 Å². The summed E-state index contributed by atoms with van der Waals surface area (Å²) in [4.78, 5) is 41.4. The average Bonchev–Trinajstić information content (AvgIpc) is 2.75. The molecule has 1 fully saturated rings. The number of carbonyl (C=O) groups excluding carboxylic acids is 2. The molecule has 0 saturated carbocycles. The Labute approximate surface area is 162 Å². The molecule has 1 aliphatic rings. The van der Waals surface area contributed by atoms with Gasteiger partial charge in [0.2, 0.25) is 0 Å². The highest BCUT2D eigenvalue weighted by molar-refractivity contribution is 7.16. The number of aromatic nitrogens is 1. The number of carboxylic acid groups (broad SMARTS) is 1. The molecule has 1 aliphatic heterocycles. The highest BCUT2D eigenvalue weighted by Crippen LogP contribution is 2.32. The summed E-state index contributed by atoms with van der Waals surface area (Å²) in [6.07, 6.45) is 1.23. The van der Waals surface area contributed by atoms with E-state index in [1.165, 1.54) is 4.90 Å². The predicted molar refractivity (Wildman–Crippen MR) is 103 cm³/mol. The van der Waals surface area contributed by atoms with Gasteiger partial charge < -0.3 is 21.1 Å². The van der Waals surface area contributed by atoms with Gasteiger partial charge in [0.05, 0.1) is 17.1 Å². The maximum absolute atomic E-state index is 12.9. The summed E-state index contributed by atoms with van der Waals surface area (Å²) >= 11 is 1.16. The number of likely N-dealkylation sites (tertiary alicyclic amines) is 1. The van der Waals surface area contributed by atoms with E-state index in [-0.39, 0.29) is 28.2 Å². The third-order valence-corrected chi connectivity index (χ3v) is 5.40. The molecule has 0 aliphatic carbocycles. The van der Waals surface area contributed by atoms with Gasteiger partial charge in [0.1, 0.15) is 5.00 Å². The van der Waals surface area contributed by atoms with E-state index in [0.717, 1.165) is 24.2 Å². The Morgan fingerprint density at radius 1 is 1.30 bits per heavy atom. The number of hydrogen-bond donors (Lipinski definition) is 4. The Balaban J connectivity index is 2.31. The van der Waals surface area contributed by atoms with Crippen LogP contribution < -0.4 is 16.4 Å². The van der Waals surface area contributed by atoms with Gasteiger partial charge >= 0.3 is 12.1 Å². The second-order valence-corrected chi connectivity index (χ2v) is 8.97. The van der Waals surface area contributed by atoms with Gasteiger partial charge in [-0.05, 0) is 31.6 Å². The molecule has 0 aromatic carbocycles. The lowest BCUT2D eigenvalue weighted by atomic mass is 9.80. The molecule has 5 N–H and O–H groups in total. The molecule has 0 bridgehead atoms.